The first-order valence-electron chi connectivity index (χ1n) is 9.32. The van der Waals surface area contributed by atoms with Crippen LogP contribution in [0.1, 0.15) is 23.2 Å². The quantitative estimate of drug-likeness (QED) is 0.442. The molecule has 9 nitrogen and oxygen atoms in total. The van der Waals surface area contributed by atoms with Gasteiger partial charge in [0.1, 0.15) is 5.00 Å². The zero-order chi connectivity index (χ0) is 20.1. The summed E-state index contributed by atoms with van der Waals surface area (Å²) in [5.74, 6) is 0.119. The highest BCUT2D eigenvalue weighted by Gasteiger charge is 2.22. The van der Waals surface area contributed by atoms with Crippen molar-refractivity contribution in [2.75, 3.05) is 23.7 Å². The van der Waals surface area contributed by atoms with Crippen molar-refractivity contribution < 1.29 is 9.59 Å². The van der Waals surface area contributed by atoms with E-state index in [1.54, 1.807) is 6.07 Å². The monoisotopic (exact) mass is 411 g/mol. The summed E-state index contributed by atoms with van der Waals surface area (Å²) in [7, 11) is 0. The third-order valence-corrected chi connectivity index (χ3v) is 5.59. The molecule has 0 unspecified atom stereocenters. The number of anilines is 2. The van der Waals surface area contributed by atoms with Gasteiger partial charge in [-0.1, -0.05) is 0 Å². The van der Waals surface area contributed by atoms with E-state index in [-0.39, 0.29) is 11.9 Å². The Labute approximate surface area is 171 Å². The molecule has 29 heavy (non-hydrogen) atoms. The van der Waals surface area contributed by atoms with Gasteiger partial charge in [0.05, 0.1) is 22.3 Å². The van der Waals surface area contributed by atoms with Crippen LogP contribution in [0.4, 0.5) is 15.6 Å². The Kier molecular flexibility index (Phi) is 5.82. The second kappa shape index (κ2) is 8.84. The van der Waals surface area contributed by atoms with Crippen molar-refractivity contribution in [2.24, 2.45) is 0 Å². The molecule has 0 aliphatic carbocycles. The summed E-state index contributed by atoms with van der Waals surface area (Å²) in [5, 5.41) is 12.2. The van der Waals surface area contributed by atoms with Gasteiger partial charge < -0.3 is 15.6 Å². The van der Waals surface area contributed by atoms with E-state index in [4.69, 9.17) is 0 Å². The number of rotatable bonds is 5. The lowest BCUT2D eigenvalue weighted by molar-refractivity contribution is 0.0932. The maximum Gasteiger partial charge on any atom is 0.325 e. The molecule has 10 heteroatoms. The molecular formula is C19H21N7O2S. The molecule has 4 rings (SSSR count). The van der Waals surface area contributed by atoms with Gasteiger partial charge in [0.2, 0.25) is 0 Å². The van der Waals surface area contributed by atoms with Crippen molar-refractivity contribution in [3.8, 4) is 10.6 Å². The summed E-state index contributed by atoms with van der Waals surface area (Å²) in [4.78, 5) is 37.3. The molecule has 0 radical (unpaired) electrons. The lowest BCUT2D eigenvalue weighted by Gasteiger charge is -2.23. The Bertz CT molecular complexity index is 966. The fraction of sp³-hybridized carbons (Fsp3) is 0.263. The number of thiophene rings is 1. The van der Waals surface area contributed by atoms with E-state index in [1.165, 1.54) is 29.9 Å². The van der Waals surface area contributed by atoms with Crippen LogP contribution in [0, 0.1) is 0 Å². The van der Waals surface area contributed by atoms with Crippen LogP contribution in [0.3, 0.4) is 0 Å². The van der Waals surface area contributed by atoms with Crippen molar-refractivity contribution in [1.29, 1.82) is 0 Å². The molecule has 150 valence electrons. The van der Waals surface area contributed by atoms with Gasteiger partial charge in [-0.3, -0.25) is 20.4 Å². The predicted molar refractivity (Wildman–Crippen MR) is 112 cm³/mol. The minimum absolute atomic E-state index is 0.0753. The third kappa shape index (κ3) is 4.79. The van der Waals surface area contributed by atoms with E-state index in [1.807, 2.05) is 18.3 Å². The smallest absolute Gasteiger partial charge is 0.325 e. The molecular weight excluding hydrogens is 390 g/mol. The molecule has 3 aromatic heterocycles. The molecule has 0 bridgehead atoms. The number of carbonyl (C=O) groups is 2. The van der Waals surface area contributed by atoms with Gasteiger partial charge in [0, 0.05) is 31.2 Å². The molecule has 1 fully saturated rings. The maximum atomic E-state index is 12.9. The number of H-pyrrole nitrogens is 1. The van der Waals surface area contributed by atoms with Crippen LogP contribution in [-0.4, -0.2) is 46.0 Å². The number of hydrogen-bond acceptors (Lipinski definition) is 6. The molecule has 0 saturated carbocycles. The summed E-state index contributed by atoms with van der Waals surface area (Å²) in [6, 6.07) is 5.18. The zero-order valence-electron chi connectivity index (χ0n) is 15.6. The second-order valence-corrected chi connectivity index (χ2v) is 7.68. The molecule has 1 atom stereocenters. The molecule has 0 aromatic carbocycles. The van der Waals surface area contributed by atoms with Crippen molar-refractivity contribution in [3.05, 3.63) is 48.5 Å². The maximum absolute atomic E-state index is 12.9. The molecule has 1 aliphatic rings. The number of piperidine rings is 1. The highest BCUT2D eigenvalue weighted by molar-refractivity contribution is 7.20. The number of hydrogen-bond donors (Lipinski definition) is 5. The minimum Gasteiger partial charge on any atom is -0.361 e. The van der Waals surface area contributed by atoms with E-state index in [0.29, 0.717) is 16.4 Å². The molecule has 1 aliphatic heterocycles. The van der Waals surface area contributed by atoms with Gasteiger partial charge in [-0.2, -0.15) is 0 Å². The summed E-state index contributed by atoms with van der Waals surface area (Å²) in [6.45, 7) is 1.71. The highest BCUT2D eigenvalue weighted by Crippen LogP contribution is 2.35. The topological polar surface area (TPSA) is 124 Å². The average Bonchev–Trinajstić information content (AvgIpc) is 3.39. The van der Waals surface area contributed by atoms with Crippen LogP contribution in [0.15, 0.2) is 43.0 Å². The van der Waals surface area contributed by atoms with Crippen molar-refractivity contribution in [3.63, 3.8) is 0 Å². The number of carbonyl (C=O) groups excluding carboxylic acids is 2. The Morgan fingerprint density at radius 2 is 2.17 bits per heavy atom. The zero-order valence-corrected chi connectivity index (χ0v) is 16.4. The number of aromatic nitrogens is 3. The van der Waals surface area contributed by atoms with E-state index in [2.05, 4.69) is 36.2 Å². The van der Waals surface area contributed by atoms with Crippen molar-refractivity contribution in [2.45, 2.75) is 18.9 Å². The van der Waals surface area contributed by atoms with E-state index < -0.39 is 6.03 Å². The lowest BCUT2D eigenvalue weighted by atomic mass is 10.1. The lowest BCUT2D eigenvalue weighted by Crippen LogP contribution is -2.45. The first-order chi connectivity index (χ1) is 14.2. The van der Waals surface area contributed by atoms with Gasteiger partial charge in [0.15, 0.2) is 5.82 Å². The number of urea groups is 1. The SMILES string of the molecule is O=C(Nc1cnccn1)Nc1sc(-c2ccc[nH]2)cc1C(=O)N[C@H]1CCCNC1. The van der Waals surface area contributed by atoms with Gasteiger partial charge >= 0.3 is 6.03 Å². The molecule has 1 saturated heterocycles. The molecule has 5 N–H and O–H groups in total. The first-order valence-corrected chi connectivity index (χ1v) is 10.1. The van der Waals surface area contributed by atoms with Crippen LogP contribution < -0.4 is 21.3 Å². The number of amides is 3. The normalized spacial score (nSPS) is 16.2. The minimum atomic E-state index is -0.487. The van der Waals surface area contributed by atoms with Gasteiger partial charge in [-0.05, 0) is 37.6 Å². The molecule has 3 amide bonds. The standard InChI is InChI=1S/C19H21N7O2S/c27-17(24-12-3-1-5-20-10-12)13-9-15(14-4-2-6-22-14)29-18(13)26-19(28)25-16-11-21-7-8-23-16/h2,4,6-9,11-12,20,22H,1,3,5,10H2,(H,24,27)(H2,23,25,26,28)/t12-/m0/s1. The fourth-order valence-corrected chi connectivity index (χ4v) is 4.16. The van der Waals surface area contributed by atoms with Crippen LogP contribution in [0.5, 0.6) is 0 Å². The van der Waals surface area contributed by atoms with Crippen LogP contribution in [-0.2, 0) is 0 Å². The summed E-state index contributed by atoms with van der Waals surface area (Å²) < 4.78 is 0. The van der Waals surface area contributed by atoms with E-state index in [0.717, 1.165) is 36.5 Å². The Balaban J connectivity index is 1.54. The second-order valence-electron chi connectivity index (χ2n) is 6.62. The predicted octanol–water partition coefficient (Wildman–Crippen LogP) is 2.66. The third-order valence-electron chi connectivity index (χ3n) is 4.50. The van der Waals surface area contributed by atoms with Crippen molar-refractivity contribution in [1.82, 2.24) is 25.6 Å². The summed E-state index contributed by atoms with van der Waals surface area (Å²) in [5.41, 5.74) is 1.31. The number of nitrogens with zero attached hydrogens (tertiary/aromatic N) is 2. The Hall–Kier alpha value is -3.24. The highest BCUT2D eigenvalue weighted by atomic mass is 32.1. The van der Waals surface area contributed by atoms with Crippen LogP contribution in [0.2, 0.25) is 0 Å². The summed E-state index contributed by atoms with van der Waals surface area (Å²) in [6.07, 6.45) is 8.23. The Morgan fingerprint density at radius 3 is 2.90 bits per heavy atom. The number of nitrogens with one attached hydrogen (secondary N) is 5. The van der Waals surface area contributed by atoms with Crippen molar-refractivity contribution >= 4 is 34.1 Å². The van der Waals surface area contributed by atoms with Crippen LogP contribution >= 0.6 is 11.3 Å². The van der Waals surface area contributed by atoms with Crippen LogP contribution in [0.25, 0.3) is 10.6 Å². The average molecular weight is 411 g/mol. The van der Waals surface area contributed by atoms with Gasteiger partial charge in [-0.15, -0.1) is 11.3 Å². The molecule has 3 aromatic rings. The number of aromatic amines is 1. The largest absolute Gasteiger partial charge is 0.361 e. The van der Waals surface area contributed by atoms with E-state index in [9.17, 15) is 9.59 Å². The van der Waals surface area contributed by atoms with Gasteiger partial charge in [-0.25, -0.2) is 9.78 Å². The first kappa shape index (κ1) is 19.1. The summed E-state index contributed by atoms with van der Waals surface area (Å²) >= 11 is 1.33. The molecule has 4 heterocycles. The molecule has 0 spiro atoms. The van der Waals surface area contributed by atoms with E-state index >= 15 is 0 Å². The van der Waals surface area contributed by atoms with Gasteiger partial charge in [0.25, 0.3) is 5.91 Å². The fourth-order valence-electron chi connectivity index (χ4n) is 3.12. The Morgan fingerprint density at radius 1 is 1.24 bits per heavy atom.